The molecule has 0 amide bonds. The molecule has 0 aliphatic carbocycles. The summed E-state index contributed by atoms with van der Waals surface area (Å²) in [6.45, 7) is 0.262. The Morgan fingerprint density at radius 2 is 2.00 bits per heavy atom. The van der Waals surface area contributed by atoms with Gasteiger partial charge in [0.1, 0.15) is 0 Å². The van der Waals surface area contributed by atoms with Gasteiger partial charge in [0.2, 0.25) is 0 Å². The van der Waals surface area contributed by atoms with E-state index in [-0.39, 0.29) is 6.54 Å². The number of halogens is 3. The molecule has 0 aromatic heterocycles. The largest absolute Gasteiger partial charge is 0.311 e. The minimum absolute atomic E-state index is 0.259. The van der Waals surface area contributed by atoms with Gasteiger partial charge < -0.3 is 5.32 Å². The van der Waals surface area contributed by atoms with Gasteiger partial charge in [-0.2, -0.15) is 0 Å². The molecule has 1 nitrogen and oxygen atoms in total. The van der Waals surface area contributed by atoms with E-state index in [9.17, 15) is 8.78 Å². The smallest absolute Gasteiger partial charge is 0.250 e. The topological polar surface area (TPSA) is 12.0 Å². The van der Waals surface area contributed by atoms with Crippen molar-refractivity contribution in [3.8, 4) is 0 Å². The fourth-order valence-electron chi connectivity index (χ4n) is 1.14. The third kappa shape index (κ3) is 4.03. The Morgan fingerprint density at radius 3 is 2.64 bits per heavy atom. The number of rotatable bonds is 5. The molecule has 0 saturated carbocycles. The van der Waals surface area contributed by atoms with Crippen LogP contribution in [0.15, 0.2) is 24.3 Å². The van der Waals surface area contributed by atoms with Crippen molar-refractivity contribution in [2.24, 2.45) is 0 Å². The van der Waals surface area contributed by atoms with Gasteiger partial charge in [-0.3, -0.25) is 0 Å². The molecule has 14 heavy (non-hydrogen) atoms. The Morgan fingerprint density at radius 1 is 1.29 bits per heavy atom. The molecule has 0 heterocycles. The molecule has 1 aromatic carbocycles. The average Bonchev–Trinajstić information content (AvgIpc) is 2.15. The van der Waals surface area contributed by atoms with Crippen LogP contribution in [0.3, 0.4) is 0 Å². The van der Waals surface area contributed by atoms with Crippen LogP contribution in [0.2, 0.25) is 5.02 Å². The van der Waals surface area contributed by atoms with E-state index in [4.69, 9.17) is 11.6 Å². The highest BCUT2D eigenvalue weighted by atomic mass is 35.5. The molecule has 78 valence electrons. The fraction of sp³-hybridized carbons (Fsp3) is 0.400. The lowest BCUT2D eigenvalue weighted by Gasteiger charge is -2.05. The Bertz CT molecular complexity index is 279. The Labute approximate surface area is 87.1 Å². The SMILES string of the molecule is FC(F)CNCCc1ccccc1Cl. The number of hydrogen-bond donors (Lipinski definition) is 1. The van der Waals surface area contributed by atoms with Gasteiger partial charge in [0.25, 0.3) is 6.43 Å². The zero-order chi connectivity index (χ0) is 10.4. The number of benzene rings is 1. The maximum Gasteiger partial charge on any atom is 0.250 e. The fourth-order valence-corrected chi connectivity index (χ4v) is 1.37. The summed E-state index contributed by atoms with van der Waals surface area (Å²) in [7, 11) is 0. The summed E-state index contributed by atoms with van der Waals surface area (Å²) in [5, 5.41) is 3.34. The van der Waals surface area contributed by atoms with Crippen LogP contribution in [0.25, 0.3) is 0 Å². The summed E-state index contributed by atoms with van der Waals surface area (Å²) in [6, 6.07) is 7.42. The molecule has 0 fully saturated rings. The van der Waals surface area contributed by atoms with Crippen molar-refractivity contribution in [2.45, 2.75) is 12.8 Å². The van der Waals surface area contributed by atoms with Crippen molar-refractivity contribution in [1.29, 1.82) is 0 Å². The van der Waals surface area contributed by atoms with E-state index in [0.29, 0.717) is 18.0 Å². The average molecular weight is 220 g/mol. The van der Waals surface area contributed by atoms with Crippen LogP contribution in [-0.4, -0.2) is 19.5 Å². The minimum atomic E-state index is -2.29. The van der Waals surface area contributed by atoms with Crippen molar-refractivity contribution in [3.05, 3.63) is 34.9 Å². The predicted molar refractivity (Wildman–Crippen MR) is 54.0 cm³/mol. The highest BCUT2D eigenvalue weighted by molar-refractivity contribution is 6.31. The first kappa shape index (κ1) is 11.4. The van der Waals surface area contributed by atoms with Crippen LogP contribution in [0, 0.1) is 0 Å². The first-order valence-corrected chi connectivity index (χ1v) is 4.80. The number of alkyl halides is 2. The van der Waals surface area contributed by atoms with Crippen molar-refractivity contribution >= 4 is 11.6 Å². The number of nitrogens with one attached hydrogen (secondary N) is 1. The van der Waals surface area contributed by atoms with Crippen LogP contribution in [-0.2, 0) is 6.42 Å². The molecule has 1 aromatic rings. The third-order valence-electron chi connectivity index (χ3n) is 1.83. The zero-order valence-corrected chi connectivity index (χ0v) is 8.40. The predicted octanol–water partition coefficient (Wildman–Crippen LogP) is 2.74. The molecule has 1 rings (SSSR count). The van der Waals surface area contributed by atoms with Gasteiger partial charge in [-0.05, 0) is 24.6 Å². The van der Waals surface area contributed by atoms with Gasteiger partial charge in [0.05, 0.1) is 6.54 Å². The first-order valence-electron chi connectivity index (χ1n) is 4.42. The van der Waals surface area contributed by atoms with Crippen LogP contribution >= 0.6 is 11.6 Å². The van der Waals surface area contributed by atoms with E-state index >= 15 is 0 Å². The van der Waals surface area contributed by atoms with Gasteiger partial charge in [-0.25, -0.2) is 8.78 Å². The van der Waals surface area contributed by atoms with E-state index < -0.39 is 6.43 Å². The van der Waals surface area contributed by atoms with Crippen molar-refractivity contribution < 1.29 is 8.78 Å². The maximum absolute atomic E-state index is 11.8. The molecule has 1 N–H and O–H groups in total. The summed E-state index contributed by atoms with van der Waals surface area (Å²) in [6.07, 6.45) is -1.62. The lowest BCUT2D eigenvalue weighted by Crippen LogP contribution is -2.23. The molecule has 0 aliphatic heterocycles. The van der Waals surface area contributed by atoms with Gasteiger partial charge in [0, 0.05) is 5.02 Å². The summed E-state index contributed by atoms with van der Waals surface area (Å²) in [5.41, 5.74) is 0.982. The molecular formula is C10H12ClF2N. The van der Waals surface area contributed by atoms with Gasteiger partial charge in [0.15, 0.2) is 0 Å². The zero-order valence-electron chi connectivity index (χ0n) is 7.64. The summed E-state index contributed by atoms with van der Waals surface area (Å²) in [4.78, 5) is 0. The lowest BCUT2D eigenvalue weighted by molar-refractivity contribution is 0.146. The van der Waals surface area contributed by atoms with Crippen LogP contribution in [0.4, 0.5) is 8.78 Å². The Kier molecular flexibility index (Phi) is 4.84. The second kappa shape index (κ2) is 5.94. The van der Waals surface area contributed by atoms with Crippen LogP contribution in [0.5, 0.6) is 0 Å². The summed E-state index contributed by atoms with van der Waals surface area (Å²) in [5.74, 6) is 0. The van der Waals surface area contributed by atoms with Crippen molar-refractivity contribution in [2.75, 3.05) is 13.1 Å². The molecule has 0 aliphatic rings. The maximum atomic E-state index is 11.8. The Balaban J connectivity index is 2.28. The van der Waals surface area contributed by atoms with Crippen molar-refractivity contribution in [3.63, 3.8) is 0 Å². The molecule has 0 atom stereocenters. The number of hydrogen-bond acceptors (Lipinski definition) is 1. The van der Waals surface area contributed by atoms with Crippen molar-refractivity contribution in [1.82, 2.24) is 5.32 Å². The quantitative estimate of drug-likeness (QED) is 0.751. The van der Waals surface area contributed by atoms with E-state index in [0.717, 1.165) is 5.56 Å². The molecule has 0 unspecified atom stereocenters. The molecular weight excluding hydrogens is 208 g/mol. The second-order valence-corrected chi connectivity index (χ2v) is 3.34. The van der Waals surface area contributed by atoms with E-state index in [2.05, 4.69) is 5.32 Å². The van der Waals surface area contributed by atoms with E-state index in [1.807, 2.05) is 18.2 Å². The second-order valence-electron chi connectivity index (χ2n) is 2.94. The molecule has 0 bridgehead atoms. The minimum Gasteiger partial charge on any atom is -0.311 e. The highest BCUT2D eigenvalue weighted by Gasteiger charge is 2.01. The third-order valence-corrected chi connectivity index (χ3v) is 2.20. The van der Waals surface area contributed by atoms with Gasteiger partial charge >= 0.3 is 0 Å². The van der Waals surface area contributed by atoms with Gasteiger partial charge in [-0.1, -0.05) is 29.8 Å². The van der Waals surface area contributed by atoms with Crippen LogP contribution < -0.4 is 5.32 Å². The molecule has 0 saturated heterocycles. The van der Waals surface area contributed by atoms with E-state index in [1.54, 1.807) is 6.07 Å². The summed E-state index contributed by atoms with van der Waals surface area (Å²) >= 11 is 5.89. The molecule has 0 spiro atoms. The molecule has 4 heteroatoms. The first-order chi connectivity index (χ1) is 6.70. The Hall–Kier alpha value is -0.670. The molecule has 0 radical (unpaired) electrons. The van der Waals surface area contributed by atoms with Crippen LogP contribution in [0.1, 0.15) is 5.56 Å². The standard InChI is InChI=1S/C10H12ClF2N/c11-9-4-2-1-3-8(9)5-6-14-7-10(12)13/h1-4,10,14H,5-7H2. The van der Waals surface area contributed by atoms with E-state index in [1.165, 1.54) is 0 Å². The van der Waals surface area contributed by atoms with Gasteiger partial charge in [-0.15, -0.1) is 0 Å². The lowest BCUT2D eigenvalue weighted by atomic mass is 10.1. The monoisotopic (exact) mass is 219 g/mol. The summed E-state index contributed by atoms with van der Waals surface area (Å²) < 4.78 is 23.5. The normalized spacial score (nSPS) is 10.9. The highest BCUT2D eigenvalue weighted by Crippen LogP contribution is 2.14.